The van der Waals surface area contributed by atoms with Crippen molar-refractivity contribution < 1.29 is 4.74 Å². The molecule has 6 nitrogen and oxygen atoms in total. The summed E-state index contributed by atoms with van der Waals surface area (Å²) < 4.78 is 7.11. The first kappa shape index (κ1) is 12.8. The van der Waals surface area contributed by atoms with Crippen molar-refractivity contribution in [2.45, 2.75) is 0 Å². The van der Waals surface area contributed by atoms with E-state index in [4.69, 9.17) is 27.9 Å². The van der Waals surface area contributed by atoms with E-state index in [-0.39, 0.29) is 11.3 Å². The zero-order valence-electron chi connectivity index (χ0n) is 9.94. The Balaban J connectivity index is 1.97. The first-order chi connectivity index (χ1) is 9.72. The van der Waals surface area contributed by atoms with Gasteiger partial charge in [0.1, 0.15) is 12.1 Å². The Bertz CT molecular complexity index is 732. The molecule has 0 radical (unpaired) electrons. The van der Waals surface area contributed by atoms with E-state index < -0.39 is 0 Å². The van der Waals surface area contributed by atoms with Crippen LogP contribution in [0, 0.1) is 0 Å². The van der Waals surface area contributed by atoms with Gasteiger partial charge in [0.2, 0.25) is 11.2 Å². The number of imidazole rings is 1. The number of rotatable bonds is 3. The van der Waals surface area contributed by atoms with Crippen LogP contribution in [-0.2, 0) is 0 Å². The van der Waals surface area contributed by atoms with Crippen LogP contribution in [0.2, 0.25) is 10.3 Å². The fraction of sp³-hybridized carbons (Fsp3) is 0. The molecule has 3 aromatic rings. The zero-order valence-corrected chi connectivity index (χ0v) is 11.5. The second-order valence-electron chi connectivity index (χ2n) is 3.69. The number of para-hydroxylation sites is 1. The molecule has 0 aliphatic heterocycles. The number of hydrogen-bond donors (Lipinski definition) is 0. The van der Waals surface area contributed by atoms with Crippen LogP contribution in [0.3, 0.4) is 0 Å². The van der Waals surface area contributed by atoms with Crippen LogP contribution < -0.4 is 4.74 Å². The van der Waals surface area contributed by atoms with Gasteiger partial charge in [0.25, 0.3) is 0 Å². The molecule has 0 bridgehead atoms. The summed E-state index contributed by atoms with van der Waals surface area (Å²) in [6, 6.07) is 7.06. The Morgan fingerprint density at radius 2 is 1.90 bits per heavy atom. The van der Waals surface area contributed by atoms with Gasteiger partial charge in [-0.05, 0) is 23.7 Å². The summed E-state index contributed by atoms with van der Waals surface area (Å²) in [6.07, 6.45) is 4.84. The highest BCUT2D eigenvalue weighted by Gasteiger charge is 2.10. The average Bonchev–Trinajstić information content (AvgIpc) is 2.95. The Labute approximate surface area is 124 Å². The molecule has 2 aromatic heterocycles. The van der Waals surface area contributed by atoms with Gasteiger partial charge in [-0.25, -0.2) is 4.98 Å². The predicted molar refractivity (Wildman–Crippen MR) is 73.5 cm³/mol. The molecule has 8 heteroatoms. The molecular formula is C12H7Cl2N5O. The van der Waals surface area contributed by atoms with Crippen LogP contribution >= 0.6 is 23.2 Å². The molecule has 2 heterocycles. The maximum Gasteiger partial charge on any atom is 0.328 e. The molecule has 3 rings (SSSR count). The highest BCUT2D eigenvalue weighted by Crippen LogP contribution is 2.27. The molecule has 0 aliphatic rings. The predicted octanol–water partition coefficient (Wildman–Crippen LogP) is 3.16. The quantitative estimate of drug-likeness (QED) is 0.743. The minimum atomic E-state index is 0.0192. The van der Waals surface area contributed by atoms with Crippen LogP contribution in [0.15, 0.2) is 43.0 Å². The van der Waals surface area contributed by atoms with Crippen molar-refractivity contribution in [1.82, 2.24) is 24.5 Å². The SMILES string of the molecule is Clc1nc(Oc2ccccc2Cl)nc(-n2ccnc2)n1. The molecule has 0 aliphatic carbocycles. The lowest BCUT2D eigenvalue weighted by Crippen LogP contribution is -2.03. The number of benzene rings is 1. The third-order valence-electron chi connectivity index (χ3n) is 2.35. The maximum absolute atomic E-state index is 6.01. The van der Waals surface area contributed by atoms with Crippen molar-refractivity contribution in [3.63, 3.8) is 0 Å². The molecule has 0 spiro atoms. The summed E-state index contributed by atoms with van der Waals surface area (Å²) in [4.78, 5) is 16.0. The van der Waals surface area contributed by atoms with E-state index in [1.165, 1.54) is 0 Å². The van der Waals surface area contributed by atoms with Gasteiger partial charge in [-0.1, -0.05) is 23.7 Å². The summed E-state index contributed by atoms with van der Waals surface area (Å²) in [6.45, 7) is 0. The van der Waals surface area contributed by atoms with E-state index in [0.717, 1.165) is 0 Å². The first-order valence-electron chi connectivity index (χ1n) is 5.54. The lowest BCUT2D eigenvalue weighted by atomic mass is 10.3. The Hall–Kier alpha value is -2.18. The second-order valence-corrected chi connectivity index (χ2v) is 4.43. The highest BCUT2D eigenvalue weighted by molar-refractivity contribution is 6.32. The van der Waals surface area contributed by atoms with Crippen molar-refractivity contribution >= 4 is 23.2 Å². The molecule has 0 fully saturated rings. The van der Waals surface area contributed by atoms with Gasteiger partial charge < -0.3 is 4.74 Å². The van der Waals surface area contributed by atoms with Crippen LogP contribution in [0.5, 0.6) is 11.8 Å². The van der Waals surface area contributed by atoms with E-state index in [0.29, 0.717) is 16.7 Å². The van der Waals surface area contributed by atoms with E-state index >= 15 is 0 Å². The third kappa shape index (κ3) is 2.71. The molecule has 0 atom stereocenters. The summed E-state index contributed by atoms with van der Waals surface area (Å²) in [5.74, 6) is 0.748. The Kier molecular flexibility index (Phi) is 3.49. The molecule has 0 saturated heterocycles. The zero-order chi connectivity index (χ0) is 13.9. The second kappa shape index (κ2) is 5.44. The topological polar surface area (TPSA) is 65.7 Å². The number of ether oxygens (including phenoxy) is 1. The molecule has 20 heavy (non-hydrogen) atoms. The highest BCUT2D eigenvalue weighted by atomic mass is 35.5. The van der Waals surface area contributed by atoms with Crippen molar-refractivity contribution in [2.75, 3.05) is 0 Å². The van der Waals surface area contributed by atoms with Gasteiger partial charge in [0.05, 0.1) is 5.02 Å². The lowest BCUT2D eigenvalue weighted by molar-refractivity contribution is 0.438. The minimum absolute atomic E-state index is 0.0192. The van der Waals surface area contributed by atoms with Gasteiger partial charge in [-0.2, -0.15) is 15.0 Å². The fourth-order valence-electron chi connectivity index (χ4n) is 1.49. The Morgan fingerprint density at radius 3 is 2.65 bits per heavy atom. The molecule has 1 aromatic carbocycles. The van der Waals surface area contributed by atoms with Crippen molar-refractivity contribution in [3.05, 3.63) is 53.3 Å². The van der Waals surface area contributed by atoms with Crippen LogP contribution in [-0.4, -0.2) is 24.5 Å². The normalized spacial score (nSPS) is 10.5. The molecule has 0 N–H and O–H groups in total. The maximum atomic E-state index is 6.01. The van der Waals surface area contributed by atoms with Crippen LogP contribution in [0.4, 0.5) is 0 Å². The van der Waals surface area contributed by atoms with Gasteiger partial charge in [0, 0.05) is 12.4 Å². The van der Waals surface area contributed by atoms with Gasteiger partial charge >= 0.3 is 6.01 Å². The summed E-state index contributed by atoms with van der Waals surface area (Å²) in [5.41, 5.74) is 0. The summed E-state index contributed by atoms with van der Waals surface area (Å²) in [7, 11) is 0. The largest absolute Gasteiger partial charge is 0.423 e. The standard InChI is InChI=1S/C12H7Cl2N5O/c13-8-3-1-2-4-9(8)20-12-17-10(14)16-11(18-12)19-6-5-15-7-19/h1-7H. The average molecular weight is 308 g/mol. The number of aromatic nitrogens is 5. The van der Waals surface area contributed by atoms with Crippen LogP contribution in [0.25, 0.3) is 5.95 Å². The number of nitrogens with zero attached hydrogens (tertiary/aromatic N) is 5. The summed E-state index contributed by atoms with van der Waals surface area (Å²) in [5, 5.41) is 0.471. The van der Waals surface area contributed by atoms with Crippen LogP contribution in [0.1, 0.15) is 0 Å². The summed E-state index contributed by atoms with van der Waals surface area (Å²) >= 11 is 11.9. The fourth-order valence-corrected chi connectivity index (χ4v) is 1.81. The van der Waals surface area contributed by atoms with E-state index in [1.807, 2.05) is 0 Å². The molecule has 0 unspecified atom stereocenters. The van der Waals surface area contributed by atoms with E-state index in [2.05, 4.69) is 19.9 Å². The lowest BCUT2D eigenvalue weighted by Gasteiger charge is -2.07. The minimum Gasteiger partial charge on any atom is -0.423 e. The Morgan fingerprint density at radius 1 is 1.05 bits per heavy atom. The van der Waals surface area contributed by atoms with E-state index in [1.54, 1.807) is 47.6 Å². The van der Waals surface area contributed by atoms with E-state index in [9.17, 15) is 0 Å². The molecule has 0 amide bonds. The first-order valence-corrected chi connectivity index (χ1v) is 6.30. The van der Waals surface area contributed by atoms with Crippen molar-refractivity contribution in [2.24, 2.45) is 0 Å². The smallest absolute Gasteiger partial charge is 0.328 e. The van der Waals surface area contributed by atoms with Gasteiger partial charge in [0.15, 0.2) is 0 Å². The monoisotopic (exact) mass is 307 g/mol. The third-order valence-corrected chi connectivity index (χ3v) is 2.83. The molecular weight excluding hydrogens is 301 g/mol. The van der Waals surface area contributed by atoms with Gasteiger partial charge in [-0.3, -0.25) is 4.57 Å². The number of halogens is 2. The van der Waals surface area contributed by atoms with Crippen molar-refractivity contribution in [3.8, 4) is 17.7 Å². The molecule has 0 saturated carbocycles. The van der Waals surface area contributed by atoms with Gasteiger partial charge in [-0.15, -0.1) is 0 Å². The number of hydrogen-bond acceptors (Lipinski definition) is 5. The molecule has 100 valence electrons. The van der Waals surface area contributed by atoms with Crippen molar-refractivity contribution in [1.29, 1.82) is 0 Å².